The Morgan fingerprint density at radius 2 is 1.77 bits per heavy atom. The van der Waals surface area contributed by atoms with E-state index in [2.05, 4.69) is 4.74 Å². The first kappa shape index (κ1) is 11.8. The molecule has 0 atom stereocenters. The maximum atomic E-state index is 10.9. The number of rotatable bonds is 6. The monoisotopic (exact) mass is 186 g/mol. The molecule has 0 fully saturated rings. The number of ketones is 2. The van der Waals surface area contributed by atoms with Gasteiger partial charge in [0.05, 0.1) is 13.0 Å². The van der Waals surface area contributed by atoms with E-state index in [0.717, 1.165) is 6.42 Å². The Balaban J connectivity index is 3.65. The molecule has 4 nitrogen and oxygen atoms in total. The van der Waals surface area contributed by atoms with Gasteiger partial charge in [-0.3, -0.25) is 14.4 Å². The van der Waals surface area contributed by atoms with Gasteiger partial charge in [0, 0.05) is 0 Å². The van der Waals surface area contributed by atoms with Crippen molar-refractivity contribution in [3.8, 4) is 0 Å². The van der Waals surface area contributed by atoms with Crippen molar-refractivity contribution in [2.24, 2.45) is 0 Å². The van der Waals surface area contributed by atoms with E-state index in [-0.39, 0.29) is 24.4 Å². The van der Waals surface area contributed by atoms with E-state index in [1.54, 1.807) is 0 Å². The highest BCUT2D eigenvalue weighted by Gasteiger charge is 2.11. The molecular formula is C9H14O4. The lowest BCUT2D eigenvalue weighted by atomic mass is 10.2. The number of Topliss-reactive ketones (excluding diaryl/α,β-unsaturated/α-hetero) is 2. The third-order valence-corrected chi connectivity index (χ3v) is 1.25. The standard InChI is InChI=1S/C9H14O4/c1-3-4-13-9(12)6-8(11)5-7(2)10/h3-6H2,1-2H3. The molecule has 0 aliphatic heterocycles. The van der Waals surface area contributed by atoms with E-state index < -0.39 is 5.97 Å². The molecule has 0 bridgehead atoms. The van der Waals surface area contributed by atoms with Crippen LogP contribution in [0.4, 0.5) is 0 Å². The van der Waals surface area contributed by atoms with Gasteiger partial charge in [-0.05, 0) is 13.3 Å². The average Bonchev–Trinajstić information content (AvgIpc) is 1.98. The van der Waals surface area contributed by atoms with Crippen LogP contribution in [0.25, 0.3) is 0 Å². The van der Waals surface area contributed by atoms with Crippen molar-refractivity contribution in [3.05, 3.63) is 0 Å². The van der Waals surface area contributed by atoms with Crippen LogP contribution >= 0.6 is 0 Å². The van der Waals surface area contributed by atoms with Crippen molar-refractivity contribution in [1.82, 2.24) is 0 Å². The maximum absolute atomic E-state index is 10.9. The fraction of sp³-hybridized carbons (Fsp3) is 0.667. The van der Waals surface area contributed by atoms with E-state index in [9.17, 15) is 14.4 Å². The molecule has 0 aromatic carbocycles. The minimum Gasteiger partial charge on any atom is -0.465 e. The number of hydrogen-bond acceptors (Lipinski definition) is 4. The van der Waals surface area contributed by atoms with Crippen molar-refractivity contribution in [2.45, 2.75) is 33.1 Å². The first-order valence-electron chi connectivity index (χ1n) is 4.23. The van der Waals surface area contributed by atoms with E-state index in [4.69, 9.17) is 0 Å². The van der Waals surface area contributed by atoms with Crippen LogP contribution < -0.4 is 0 Å². The summed E-state index contributed by atoms with van der Waals surface area (Å²) in [5.74, 6) is -1.16. The molecule has 0 N–H and O–H groups in total. The van der Waals surface area contributed by atoms with Crippen molar-refractivity contribution < 1.29 is 19.1 Å². The highest BCUT2D eigenvalue weighted by Crippen LogP contribution is 1.94. The van der Waals surface area contributed by atoms with Crippen LogP contribution in [-0.2, 0) is 19.1 Å². The minimum atomic E-state index is -0.548. The highest BCUT2D eigenvalue weighted by atomic mass is 16.5. The second-order valence-electron chi connectivity index (χ2n) is 2.81. The Morgan fingerprint density at radius 1 is 1.15 bits per heavy atom. The van der Waals surface area contributed by atoms with Crippen LogP contribution in [0.3, 0.4) is 0 Å². The molecule has 0 aliphatic rings. The minimum absolute atomic E-state index is 0.179. The van der Waals surface area contributed by atoms with Gasteiger partial charge in [0.2, 0.25) is 0 Å². The molecule has 0 aromatic rings. The molecule has 0 amide bonds. The predicted octanol–water partition coefficient (Wildman–Crippen LogP) is 0.878. The van der Waals surface area contributed by atoms with Crippen molar-refractivity contribution in [2.75, 3.05) is 6.61 Å². The summed E-state index contributed by atoms with van der Waals surface area (Å²) >= 11 is 0. The largest absolute Gasteiger partial charge is 0.465 e. The molecule has 0 saturated carbocycles. The van der Waals surface area contributed by atoms with E-state index in [0.29, 0.717) is 6.61 Å². The molecule has 0 unspecified atom stereocenters. The molecule has 0 aliphatic carbocycles. The zero-order valence-corrected chi connectivity index (χ0v) is 7.96. The summed E-state index contributed by atoms with van der Waals surface area (Å²) < 4.78 is 4.67. The lowest BCUT2D eigenvalue weighted by molar-refractivity contribution is -0.146. The second kappa shape index (κ2) is 6.34. The first-order valence-corrected chi connectivity index (χ1v) is 4.23. The van der Waals surface area contributed by atoms with Gasteiger partial charge in [0.25, 0.3) is 0 Å². The third kappa shape index (κ3) is 7.18. The van der Waals surface area contributed by atoms with Crippen LogP contribution in [0.1, 0.15) is 33.1 Å². The van der Waals surface area contributed by atoms with Crippen LogP contribution in [0.2, 0.25) is 0 Å². The Hall–Kier alpha value is -1.19. The molecule has 0 radical (unpaired) electrons. The molecule has 0 saturated heterocycles. The topological polar surface area (TPSA) is 60.4 Å². The Bertz CT molecular complexity index is 208. The number of esters is 1. The summed E-state index contributed by atoms with van der Waals surface area (Å²) in [6, 6.07) is 0. The summed E-state index contributed by atoms with van der Waals surface area (Å²) in [5, 5.41) is 0. The SMILES string of the molecule is CCCOC(=O)CC(=O)CC(C)=O. The zero-order valence-electron chi connectivity index (χ0n) is 7.96. The second-order valence-corrected chi connectivity index (χ2v) is 2.81. The van der Waals surface area contributed by atoms with Gasteiger partial charge < -0.3 is 4.74 Å². The van der Waals surface area contributed by atoms with Gasteiger partial charge in [-0.15, -0.1) is 0 Å². The fourth-order valence-electron chi connectivity index (χ4n) is 0.768. The first-order chi connectivity index (χ1) is 6.06. The molecule has 0 rings (SSSR count). The van der Waals surface area contributed by atoms with Crippen LogP contribution in [0.5, 0.6) is 0 Å². The van der Waals surface area contributed by atoms with E-state index in [1.165, 1.54) is 6.92 Å². The Morgan fingerprint density at radius 3 is 2.23 bits per heavy atom. The predicted molar refractivity (Wildman–Crippen MR) is 46.2 cm³/mol. The van der Waals surface area contributed by atoms with Gasteiger partial charge in [-0.2, -0.15) is 0 Å². The molecule has 0 aromatic heterocycles. The smallest absolute Gasteiger partial charge is 0.313 e. The Kier molecular flexibility index (Phi) is 5.76. The third-order valence-electron chi connectivity index (χ3n) is 1.25. The lowest BCUT2D eigenvalue weighted by Gasteiger charge is -2.00. The maximum Gasteiger partial charge on any atom is 0.313 e. The number of ether oxygens (including phenoxy) is 1. The number of carbonyl (C=O) groups is 3. The van der Waals surface area contributed by atoms with Crippen LogP contribution in [0, 0.1) is 0 Å². The number of hydrogen-bond donors (Lipinski definition) is 0. The molecule has 0 heterocycles. The summed E-state index contributed by atoms with van der Waals surface area (Å²) in [5.41, 5.74) is 0. The van der Waals surface area contributed by atoms with Gasteiger partial charge in [0.15, 0.2) is 5.78 Å². The van der Waals surface area contributed by atoms with E-state index in [1.807, 2.05) is 6.92 Å². The van der Waals surface area contributed by atoms with Gasteiger partial charge in [0.1, 0.15) is 12.2 Å². The fourth-order valence-corrected chi connectivity index (χ4v) is 0.768. The summed E-state index contributed by atoms with van der Waals surface area (Å²) in [6.45, 7) is 3.51. The highest BCUT2D eigenvalue weighted by molar-refractivity contribution is 6.04. The van der Waals surface area contributed by atoms with Crippen LogP contribution in [-0.4, -0.2) is 24.1 Å². The van der Waals surface area contributed by atoms with Gasteiger partial charge in [-0.25, -0.2) is 0 Å². The summed E-state index contributed by atoms with van der Waals surface area (Å²) in [6.07, 6.45) is 0.257. The molecular weight excluding hydrogens is 172 g/mol. The molecule has 74 valence electrons. The lowest BCUT2D eigenvalue weighted by Crippen LogP contribution is -2.13. The van der Waals surface area contributed by atoms with Gasteiger partial charge >= 0.3 is 5.97 Å². The van der Waals surface area contributed by atoms with E-state index >= 15 is 0 Å². The number of carbonyl (C=O) groups excluding carboxylic acids is 3. The van der Waals surface area contributed by atoms with Crippen molar-refractivity contribution >= 4 is 17.5 Å². The zero-order chi connectivity index (χ0) is 10.3. The van der Waals surface area contributed by atoms with Gasteiger partial charge in [-0.1, -0.05) is 6.92 Å². The normalized spacial score (nSPS) is 9.38. The molecule has 13 heavy (non-hydrogen) atoms. The van der Waals surface area contributed by atoms with Crippen molar-refractivity contribution in [3.63, 3.8) is 0 Å². The van der Waals surface area contributed by atoms with Crippen molar-refractivity contribution in [1.29, 1.82) is 0 Å². The molecule has 0 spiro atoms. The quantitative estimate of drug-likeness (QED) is 0.456. The average molecular weight is 186 g/mol. The van der Waals surface area contributed by atoms with Crippen LogP contribution in [0.15, 0.2) is 0 Å². The summed E-state index contributed by atoms with van der Waals surface area (Å²) in [4.78, 5) is 32.2. The Labute approximate surface area is 77.3 Å². The molecule has 4 heteroatoms. The summed E-state index contributed by atoms with van der Waals surface area (Å²) in [7, 11) is 0.